The second kappa shape index (κ2) is 5.24. The van der Waals surface area contributed by atoms with Gasteiger partial charge < -0.3 is 4.74 Å². The number of hydrogen-bond donors (Lipinski definition) is 0. The molecule has 0 saturated carbocycles. The van der Waals surface area contributed by atoms with Crippen molar-refractivity contribution in [1.29, 1.82) is 0 Å². The fourth-order valence-electron chi connectivity index (χ4n) is 1.87. The molecule has 2 aromatic rings. The van der Waals surface area contributed by atoms with Gasteiger partial charge in [0.1, 0.15) is 6.73 Å². The molecular weight excluding hydrogens is 240 g/mol. The molecule has 2 rings (SSSR count). The first-order chi connectivity index (χ1) is 8.47. The Kier molecular flexibility index (Phi) is 3.87. The lowest BCUT2D eigenvalue weighted by Gasteiger charge is -2.15. The maximum absolute atomic E-state index is 5.74. The van der Waals surface area contributed by atoms with E-state index in [1.165, 1.54) is 17.1 Å². The number of fused-ring (bicyclic) bond motifs is 1. The molecule has 0 N–H and O–H groups in total. The monoisotopic (exact) mass is 262 g/mol. The first kappa shape index (κ1) is 13.3. The van der Waals surface area contributed by atoms with Crippen molar-refractivity contribution in [2.75, 3.05) is 6.61 Å². The van der Waals surface area contributed by atoms with Crippen LogP contribution in [-0.4, -0.2) is 24.5 Å². The molecule has 0 aliphatic rings. The van der Waals surface area contributed by atoms with Gasteiger partial charge in [0.15, 0.2) is 0 Å². The summed E-state index contributed by atoms with van der Waals surface area (Å²) in [5.41, 5.74) is 2.22. The predicted molar refractivity (Wildman–Crippen MR) is 78.6 cm³/mol. The summed E-state index contributed by atoms with van der Waals surface area (Å²) < 4.78 is 7.69. The van der Waals surface area contributed by atoms with E-state index in [0.717, 1.165) is 12.1 Å². The Morgan fingerprint density at radius 1 is 1.22 bits per heavy atom. The topological polar surface area (TPSA) is 27.1 Å². The smallest absolute Gasteiger partial charge is 0.139 e. The molecule has 1 aromatic heterocycles. The molecule has 0 atom stereocenters. The second-order valence-electron chi connectivity index (χ2n) is 5.95. The number of ether oxygens (including phenoxy) is 1. The highest BCUT2D eigenvalue weighted by atomic mass is 28.3. The highest BCUT2D eigenvalue weighted by molar-refractivity contribution is 6.76. The van der Waals surface area contributed by atoms with Crippen LogP contribution in [0.3, 0.4) is 0 Å². The third-order valence-electron chi connectivity index (χ3n) is 3.12. The Morgan fingerprint density at radius 3 is 2.61 bits per heavy atom. The average Bonchev–Trinajstić information content (AvgIpc) is 2.62. The maximum atomic E-state index is 5.74. The normalized spacial score (nSPS) is 12.2. The zero-order valence-corrected chi connectivity index (χ0v) is 12.7. The summed E-state index contributed by atoms with van der Waals surface area (Å²) in [6, 6.07) is 9.42. The van der Waals surface area contributed by atoms with E-state index in [9.17, 15) is 0 Å². The van der Waals surface area contributed by atoms with Gasteiger partial charge in [0.25, 0.3) is 0 Å². The zero-order valence-electron chi connectivity index (χ0n) is 11.7. The van der Waals surface area contributed by atoms with Crippen molar-refractivity contribution in [3.05, 3.63) is 30.0 Å². The lowest BCUT2D eigenvalue weighted by atomic mass is 10.2. The largest absolute Gasteiger partial charge is 0.360 e. The molecule has 3 nitrogen and oxygen atoms in total. The number of rotatable bonds is 5. The van der Waals surface area contributed by atoms with E-state index < -0.39 is 8.07 Å². The lowest BCUT2D eigenvalue weighted by Crippen LogP contribution is -2.22. The van der Waals surface area contributed by atoms with Crippen molar-refractivity contribution >= 4 is 19.0 Å². The van der Waals surface area contributed by atoms with Crippen molar-refractivity contribution in [3.8, 4) is 0 Å². The zero-order chi connectivity index (χ0) is 13.2. The van der Waals surface area contributed by atoms with Crippen molar-refractivity contribution in [2.24, 2.45) is 0 Å². The molecule has 0 saturated heterocycles. The third-order valence-corrected chi connectivity index (χ3v) is 4.82. The molecule has 1 heterocycles. The minimum absolute atomic E-state index is 0.561. The van der Waals surface area contributed by atoms with E-state index in [2.05, 4.69) is 37.7 Å². The quantitative estimate of drug-likeness (QED) is 0.607. The summed E-state index contributed by atoms with van der Waals surface area (Å²) in [4.78, 5) is 0. The molecule has 0 aliphatic heterocycles. The van der Waals surface area contributed by atoms with Crippen LogP contribution in [0.5, 0.6) is 0 Å². The van der Waals surface area contributed by atoms with Gasteiger partial charge in [-0.25, -0.2) is 4.68 Å². The lowest BCUT2D eigenvalue weighted by molar-refractivity contribution is 0.0777. The molecule has 0 unspecified atom stereocenters. The van der Waals surface area contributed by atoms with E-state index in [1.54, 1.807) is 0 Å². The van der Waals surface area contributed by atoms with Gasteiger partial charge in [-0.15, -0.1) is 0 Å². The Bertz CT molecular complexity index is 528. The molecular formula is C14H22N2OSi. The van der Waals surface area contributed by atoms with Crippen LogP contribution in [0.25, 0.3) is 10.9 Å². The summed E-state index contributed by atoms with van der Waals surface area (Å²) in [6.07, 6.45) is 0. The Hall–Kier alpha value is -1.13. The molecule has 98 valence electrons. The highest BCUT2D eigenvalue weighted by Gasteiger charge is 2.12. The molecule has 0 fully saturated rings. The average molecular weight is 262 g/mol. The van der Waals surface area contributed by atoms with Gasteiger partial charge in [-0.1, -0.05) is 37.8 Å². The molecule has 0 radical (unpaired) electrons. The first-order valence-electron chi connectivity index (χ1n) is 6.47. The first-order valence-corrected chi connectivity index (χ1v) is 10.2. The van der Waals surface area contributed by atoms with Crippen LogP contribution in [0, 0.1) is 6.92 Å². The standard InChI is InChI=1S/C14H22N2OSi/c1-12-13-7-5-6-8-14(13)15-16(12)11-17-9-10-18(2,3)4/h5-8H,9-11H2,1-4H3. The SMILES string of the molecule is Cc1c2ccccc2nn1COCC[Si](C)(C)C. The van der Waals surface area contributed by atoms with E-state index in [1.807, 2.05) is 22.9 Å². The van der Waals surface area contributed by atoms with Crippen LogP contribution in [0.2, 0.25) is 25.7 Å². The Labute approximate surface area is 110 Å². The minimum atomic E-state index is -0.995. The number of aryl methyl sites for hydroxylation is 1. The van der Waals surface area contributed by atoms with Crippen molar-refractivity contribution < 1.29 is 4.74 Å². The molecule has 4 heteroatoms. The van der Waals surface area contributed by atoms with Crippen molar-refractivity contribution in [1.82, 2.24) is 9.78 Å². The minimum Gasteiger partial charge on any atom is -0.360 e. The second-order valence-corrected chi connectivity index (χ2v) is 11.6. The highest BCUT2D eigenvalue weighted by Crippen LogP contribution is 2.17. The van der Waals surface area contributed by atoms with Crippen molar-refractivity contribution in [3.63, 3.8) is 0 Å². The molecule has 0 bridgehead atoms. The molecule has 0 aliphatic carbocycles. The van der Waals surface area contributed by atoms with Gasteiger partial charge in [0, 0.05) is 25.8 Å². The van der Waals surface area contributed by atoms with Gasteiger partial charge in [-0.3, -0.25) is 0 Å². The van der Waals surface area contributed by atoms with E-state index >= 15 is 0 Å². The fourth-order valence-corrected chi connectivity index (χ4v) is 2.62. The van der Waals surface area contributed by atoms with Gasteiger partial charge in [0.05, 0.1) is 5.52 Å². The predicted octanol–water partition coefficient (Wildman–Crippen LogP) is 3.66. The molecule has 0 amide bonds. The number of aromatic nitrogens is 2. The number of hydrogen-bond acceptors (Lipinski definition) is 2. The summed E-state index contributed by atoms with van der Waals surface area (Å²) >= 11 is 0. The summed E-state index contributed by atoms with van der Waals surface area (Å²) in [7, 11) is -0.995. The summed E-state index contributed by atoms with van der Waals surface area (Å²) in [5.74, 6) is 0. The van der Waals surface area contributed by atoms with Crippen LogP contribution in [0.1, 0.15) is 5.69 Å². The van der Waals surface area contributed by atoms with E-state index in [-0.39, 0.29) is 0 Å². The molecule has 18 heavy (non-hydrogen) atoms. The van der Waals surface area contributed by atoms with Gasteiger partial charge in [-0.2, -0.15) is 5.10 Å². The van der Waals surface area contributed by atoms with Crippen LogP contribution in [0.4, 0.5) is 0 Å². The number of benzene rings is 1. The molecule has 0 spiro atoms. The van der Waals surface area contributed by atoms with Gasteiger partial charge in [-0.05, 0) is 19.0 Å². The van der Waals surface area contributed by atoms with Crippen LogP contribution < -0.4 is 0 Å². The van der Waals surface area contributed by atoms with E-state index in [4.69, 9.17) is 4.74 Å². The summed E-state index contributed by atoms with van der Waals surface area (Å²) in [6.45, 7) is 10.6. The van der Waals surface area contributed by atoms with Crippen LogP contribution in [0.15, 0.2) is 24.3 Å². The van der Waals surface area contributed by atoms with Crippen LogP contribution >= 0.6 is 0 Å². The van der Waals surface area contributed by atoms with Gasteiger partial charge >= 0.3 is 0 Å². The van der Waals surface area contributed by atoms with Gasteiger partial charge in [0.2, 0.25) is 0 Å². The fraction of sp³-hybridized carbons (Fsp3) is 0.500. The van der Waals surface area contributed by atoms with Crippen molar-refractivity contribution in [2.45, 2.75) is 39.3 Å². The molecule has 1 aromatic carbocycles. The number of nitrogens with zero attached hydrogens (tertiary/aromatic N) is 2. The van der Waals surface area contributed by atoms with Crippen LogP contribution in [-0.2, 0) is 11.5 Å². The Balaban J connectivity index is 1.98. The summed E-state index contributed by atoms with van der Waals surface area (Å²) in [5, 5.41) is 5.76. The third kappa shape index (κ3) is 3.20. The van der Waals surface area contributed by atoms with E-state index in [0.29, 0.717) is 6.73 Å². The Morgan fingerprint density at radius 2 is 1.94 bits per heavy atom. The maximum Gasteiger partial charge on any atom is 0.139 e.